The minimum atomic E-state index is -0.0774. The topological polar surface area (TPSA) is 66.1 Å². The summed E-state index contributed by atoms with van der Waals surface area (Å²) >= 11 is 5.95. The van der Waals surface area contributed by atoms with E-state index in [0.717, 1.165) is 28.2 Å². The molecule has 110 valence electrons. The van der Waals surface area contributed by atoms with Crippen LogP contribution in [0, 0.1) is 0 Å². The summed E-state index contributed by atoms with van der Waals surface area (Å²) in [7, 11) is 0. The van der Waals surface area contributed by atoms with E-state index in [9.17, 15) is 0 Å². The molecule has 1 aromatic carbocycles. The number of nitrogens with one attached hydrogen (secondary N) is 2. The molecule has 0 bridgehead atoms. The van der Waals surface area contributed by atoms with Gasteiger partial charge in [0.2, 0.25) is 0 Å². The van der Waals surface area contributed by atoms with Crippen molar-refractivity contribution in [1.82, 2.24) is 15.2 Å². The van der Waals surface area contributed by atoms with Gasteiger partial charge in [-0.2, -0.15) is 5.10 Å². The minimum Gasteiger partial charge on any atom is -0.385 e. The van der Waals surface area contributed by atoms with Crippen LogP contribution in [-0.4, -0.2) is 20.9 Å². The molecule has 0 amide bonds. The Morgan fingerprint density at radius 1 is 1.18 bits per heavy atom. The number of aromatic amines is 2. The fourth-order valence-corrected chi connectivity index (χ4v) is 2.72. The maximum atomic E-state index is 5.95. The van der Waals surface area contributed by atoms with Crippen LogP contribution in [0.5, 0.6) is 0 Å². The van der Waals surface area contributed by atoms with Crippen LogP contribution in [0.3, 0.4) is 0 Å². The van der Waals surface area contributed by atoms with Gasteiger partial charge in [0.25, 0.3) is 0 Å². The first-order valence-corrected chi connectivity index (χ1v) is 7.35. The maximum Gasteiger partial charge on any atom is 0.172 e. The molecule has 1 unspecified atom stereocenters. The zero-order valence-electron chi connectivity index (χ0n) is 11.6. The van der Waals surface area contributed by atoms with Gasteiger partial charge < -0.3 is 9.82 Å². The molecule has 0 radical (unpaired) electrons. The zero-order valence-corrected chi connectivity index (χ0v) is 12.3. The van der Waals surface area contributed by atoms with Crippen molar-refractivity contribution < 1.29 is 4.84 Å². The second-order valence-electron chi connectivity index (χ2n) is 5.13. The smallest absolute Gasteiger partial charge is 0.172 e. The molecule has 2 N–H and O–H groups in total. The van der Waals surface area contributed by atoms with Crippen molar-refractivity contribution in [3.8, 4) is 11.1 Å². The van der Waals surface area contributed by atoms with E-state index in [2.05, 4.69) is 20.3 Å². The standard InChI is InChI=1S/C16H13ClN4O/c17-11-5-3-10(4-6-11)12-9-19-20-16(12)14-8-15(22-21-14)13-2-1-7-18-13/h1-7,9,15,18H,8H2,(H,19,20). The van der Waals surface area contributed by atoms with Gasteiger partial charge in [-0.1, -0.05) is 28.9 Å². The Morgan fingerprint density at radius 2 is 2.05 bits per heavy atom. The van der Waals surface area contributed by atoms with Gasteiger partial charge in [-0.15, -0.1) is 0 Å². The van der Waals surface area contributed by atoms with Crippen molar-refractivity contribution in [2.75, 3.05) is 0 Å². The van der Waals surface area contributed by atoms with E-state index in [1.807, 2.05) is 42.6 Å². The van der Waals surface area contributed by atoms with Crippen LogP contribution < -0.4 is 0 Å². The Bertz CT molecular complexity index is 805. The van der Waals surface area contributed by atoms with Gasteiger partial charge in [-0.25, -0.2) is 0 Å². The summed E-state index contributed by atoms with van der Waals surface area (Å²) in [4.78, 5) is 8.69. The second-order valence-corrected chi connectivity index (χ2v) is 5.56. The average Bonchev–Trinajstić information content (AvgIpc) is 3.27. The lowest BCUT2D eigenvalue weighted by atomic mass is 10.0. The SMILES string of the molecule is Clc1ccc(-c2cn[nH]c2C2=NOC(c3ccc[nH]3)C2)cc1. The average molecular weight is 313 g/mol. The molecule has 0 saturated heterocycles. The normalized spacial score (nSPS) is 17.3. The molecule has 0 fully saturated rings. The highest BCUT2D eigenvalue weighted by atomic mass is 35.5. The molecule has 0 spiro atoms. The van der Waals surface area contributed by atoms with E-state index in [4.69, 9.17) is 16.4 Å². The molecule has 0 aliphatic carbocycles. The lowest BCUT2D eigenvalue weighted by Crippen LogP contribution is -2.03. The van der Waals surface area contributed by atoms with Crippen molar-refractivity contribution >= 4 is 17.3 Å². The zero-order chi connectivity index (χ0) is 14.9. The van der Waals surface area contributed by atoms with Crippen LogP contribution in [0.25, 0.3) is 11.1 Å². The van der Waals surface area contributed by atoms with Crippen LogP contribution in [-0.2, 0) is 4.84 Å². The number of hydrogen-bond donors (Lipinski definition) is 2. The number of H-pyrrole nitrogens is 2. The molecule has 1 aliphatic rings. The molecule has 5 nitrogen and oxygen atoms in total. The molecule has 22 heavy (non-hydrogen) atoms. The fourth-order valence-electron chi connectivity index (χ4n) is 2.59. The Hall–Kier alpha value is -2.53. The minimum absolute atomic E-state index is 0.0774. The Morgan fingerprint density at radius 3 is 2.82 bits per heavy atom. The second kappa shape index (κ2) is 5.35. The third kappa shape index (κ3) is 2.29. The molecule has 4 rings (SSSR count). The van der Waals surface area contributed by atoms with E-state index in [1.54, 1.807) is 6.20 Å². The van der Waals surface area contributed by atoms with E-state index >= 15 is 0 Å². The summed E-state index contributed by atoms with van der Waals surface area (Å²) in [6.07, 6.45) is 4.30. The van der Waals surface area contributed by atoms with Gasteiger partial charge in [0, 0.05) is 23.2 Å². The highest BCUT2D eigenvalue weighted by Crippen LogP contribution is 2.31. The Labute approximate surface area is 132 Å². The molecular formula is C16H13ClN4O. The van der Waals surface area contributed by atoms with Crippen LogP contribution in [0.4, 0.5) is 0 Å². The quantitative estimate of drug-likeness (QED) is 0.769. The fraction of sp³-hybridized carbons (Fsp3) is 0.125. The summed E-state index contributed by atoms with van der Waals surface area (Å²) < 4.78 is 0. The highest BCUT2D eigenvalue weighted by Gasteiger charge is 2.27. The van der Waals surface area contributed by atoms with E-state index in [1.165, 1.54) is 0 Å². The first kappa shape index (κ1) is 13.2. The number of aromatic nitrogens is 3. The third-order valence-corrected chi connectivity index (χ3v) is 3.97. The van der Waals surface area contributed by atoms with E-state index in [0.29, 0.717) is 11.4 Å². The Kier molecular flexibility index (Phi) is 3.20. The van der Waals surface area contributed by atoms with Crippen molar-refractivity contribution in [3.63, 3.8) is 0 Å². The van der Waals surface area contributed by atoms with Crippen LogP contribution in [0.2, 0.25) is 5.02 Å². The number of rotatable bonds is 3. The van der Waals surface area contributed by atoms with Gasteiger partial charge in [0.1, 0.15) is 5.71 Å². The van der Waals surface area contributed by atoms with Gasteiger partial charge in [-0.3, -0.25) is 5.10 Å². The van der Waals surface area contributed by atoms with Gasteiger partial charge in [0.05, 0.1) is 17.6 Å². The van der Waals surface area contributed by atoms with Gasteiger partial charge >= 0.3 is 0 Å². The number of benzene rings is 1. The first-order chi connectivity index (χ1) is 10.8. The van der Waals surface area contributed by atoms with Gasteiger partial charge in [0.15, 0.2) is 6.10 Å². The Balaban J connectivity index is 1.62. The lowest BCUT2D eigenvalue weighted by molar-refractivity contribution is 0.0830. The number of hydrogen-bond acceptors (Lipinski definition) is 3. The van der Waals surface area contributed by atoms with Crippen molar-refractivity contribution in [1.29, 1.82) is 0 Å². The van der Waals surface area contributed by atoms with Crippen molar-refractivity contribution in [3.05, 3.63) is 65.2 Å². The molecule has 3 heterocycles. The van der Waals surface area contributed by atoms with E-state index < -0.39 is 0 Å². The van der Waals surface area contributed by atoms with Crippen LogP contribution in [0.1, 0.15) is 23.9 Å². The number of halogens is 1. The maximum absolute atomic E-state index is 5.95. The number of nitrogens with zero attached hydrogens (tertiary/aromatic N) is 2. The van der Waals surface area contributed by atoms with Crippen molar-refractivity contribution in [2.45, 2.75) is 12.5 Å². The summed E-state index contributed by atoms with van der Waals surface area (Å²) in [6.45, 7) is 0. The largest absolute Gasteiger partial charge is 0.385 e. The highest BCUT2D eigenvalue weighted by molar-refractivity contribution is 6.30. The van der Waals surface area contributed by atoms with Crippen LogP contribution in [0.15, 0.2) is 53.9 Å². The van der Waals surface area contributed by atoms with E-state index in [-0.39, 0.29) is 6.10 Å². The predicted molar refractivity (Wildman–Crippen MR) is 84.8 cm³/mol. The monoisotopic (exact) mass is 312 g/mol. The molecular weight excluding hydrogens is 300 g/mol. The molecule has 3 aromatic rings. The summed E-state index contributed by atoms with van der Waals surface area (Å²) in [5.41, 5.74) is 4.80. The lowest BCUT2D eigenvalue weighted by Gasteiger charge is -2.05. The number of oxime groups is 1. The summed E-state index contributed by atoms with van der Waals surface area (Å²) in [5.74, 6) is 0. The first-order valence-electron chi connectivity index (χ1n) is 6.97. The molecule has 2 aromatic heterocycles. The van der Waals surface area contributed by atoms with Crippen LogP contribution >= 0.6 is 11.6 Å². The van der Waals surface area contributed by atoms with Gasteiger partial charge in [-0.05, 0) is 29.8 Å². The molecule has 0 saturated carbocycles. The third-order valence-electron chi connectivity index (χ3n) is 3.72. The molecule has 6 heteroatoms. The summed E-state index contributed by atoms with van der Waals surface area (Å²) in [6, 6.07) is 11.6. The predicted octanol–water partition coefficient (Wildman–Crippen LogP) is 3.92. The molecule has 1 aliphatic heterocycles. The van der Waals surface area contributed by atoms with Crippen molar-refractivity contribution in [2.24, 2.45) is 5.16 Å². The summed E-state index contributed by atoms with van der Waals surface area (Å²) in [5, 5.41) is 12.1. The molecule has 1 atom stereocenters.